The van der Waals surface area contributed by atoms with Crippen LogP contribution in [0.1, 0.15) is 24.5 Å². The average Bonchev–Trinajstić information content (AvgIpc) is 2.81. The Morgan fingerprint density at radius 1 is 0.875 bits per heavy atom. The molecule has 0 spiro atoms. The van der Waals surface area contributed by atoms with E-state index in [1.807, 2.05) is 31.2 Å². The zero-order valence-corrected chi connectivity index (χ0v) is 21.7. The standard InChI is InChI=1S/C24H36N4O3.HI/c1-4-31-16-5-14-26-24(28-19-21-8-12-23(30-3)13-9-21)27-18-20-6-10-22(11-7-20)25-15-17-29-2;/h6-13,25H,4-5,14-19H2,1-3H3,(H2,26,27,28);1H. The van der Waals surface area contributed by atoms with Gasteiger partial charge in [-0.05, 0) is 48.7 Å². The lowest BCUT2D eigenvalue weighted by molar-refractivity contribution is 0.145. The third-order valence-corrected chi connectivity index (χ3v) is 4.59. The molecule has 0 saturated heterocycles. The fourth-order valence-corrected chi connectivity index (χ4v) is 2.82. The van der Waals surface area contributed by atoms with Crippen LogP contribution in [0, 0.1) is 0 Å². The van der Waals surface area contributed by atoms with Crippen molar-refractivity contribution >= 4 is 35.6 Å². The van der Waals surface area contributed by atoms with Crippen LogP contribution in [0.2, 0.25) is 0 Å². The molecule has 2 rings (SSSR count). The van der Waals surface area contributed by atoms with Gasteiger partial charge in [0, 0.05) is 45.6 Å². The maximum absolute atomic E-state index is 5.42. The quantitative estimate of drug-likeness (QED) is 0.141. The predicted octanol–water partition coefficient (Wildman–Crippen LogP) is 4.03. The Balaban J connectivity index is 0.00000512. The highest BCUT2D eigenvalue weighted by molar-refractivity contribution is 14.0. The minimum atomic E-state index is 0. The van der Waals surface area contributed by atoms with Gasteiger partial charge in [0.15, 0.2) is 5.96 Å². The lowest BCUT2D eigenvalue weighted by Crippen LogP contribution is -2.37. The lowest BCUT2D eigenvalue weighted by Gasteiger charge is -2.13. The number of methoxy groups -OCH3 is 2. The number of guanidine groups is 1. The number of anilines is 1. The molecular weight excluding hydrogens is 519 g/mol. The zero-order chi connectivity index (χ0) is 22.2. The molecular formula is C24H37IN4O3. The molecule has 0 bridgehead atoms. The largest absolute Gasteiger partial charge is 0.497 e. The average molecular weight is 556 g/mol. The molecule has 0 atom stereocenters. The molecule has 0 aliphatic carbocycles. The number of benzene rings is 2. The van der Waals surface area contributed by atoms with E-state index in [2.05, 4.69) is 40.2 Å². The van der Waals surface area contributed by atoms with Crippen molar-refractivity contribution in [2.45, 2.75) is 26.4 Å². The highest BCUT2D eigenvalue weighted by Gasteiger charge is 2.01. The lowest BCUT2D eigenvalue weighted by atomic mass is 10.2. The van der Waals surface area contributed by atoms with Crippen LogP contribution < -0.4 is 20.7 Å². The highest BCUT2D eigenvalue weighted by Crippen LogP contribution is 2.12. The van der Waals surface area contributed by atoms with E-state index in [1.165, 1.54) is 5.56 Å². The molecule has 178 valence electrons. The van der Waals surface area contributed by atoms with Crippen LogP contribution in [0.3, 0.4) is 0 Å². The van der Waals surface area contributed by atoms with Gasteiger partial charge < -0.3 is 30.2 Å². The van der Waals surface area contributed by atoms with Gasteiger partial charge in [0.05, 0.1) is 20.3 Å². The number of hydrogen-bond donors (Lipinski definition) is 3. The smallest absolute Gasteiger partial charge is 0.191 e. The fraction of sp³-hybridized carbons (Fsp3) is 0.458. The van der Waals surface area contributed by atoms with Gasteiger partial charge in [-0.25, -0.2) is 4.99 Å². The van der Waals surface area contributed by atoms with Gasteiger partial charge in [-0.15, -0.1) is 24.0 Å². The van der Waals surface area contributed by atoms with E-state index >= 15 is 0 Å². The van der Waals surface area contributed by atoms with Gasteiger partial charge in [-0.2, -0.15) is 0 Å². The van der Waals surface area contributed by atoms with Crippen molar-refractivity contribution in [2.24, 2.45) is 4.99 Å². The number of rotatable bonds is 14. The summed E-state index contributed by atoms with van der Waals surface area (Å²) in [5.74, 6) is 1.63. The maximum atomic E-state index is 5.42. The third-order valence-electron chi connectivity index (χ3n) is 4.59. The van der Waals surface area contributed by atoms with Crippen LogP contribution in [0.4, 0.5) is 5.69 Å². The normalized spacial score (nSPS) is 10.9. The van der Waals surface area contributed by atoms with Gasteiger partial charge in [0.2, 0.25) is 0 Å². The number of hydrogen-bond acceptors (Lipinski definition) is 5. The zero-order valence-electron chi connectivity index (χ0n) is 19.4. The number of aliphatic imine (C=N–C) groups is 1. The van der Waals surface area contributed by atoms with Crippen molar-refractivity contribution in [2.75, 3.05) is 52.4 Å². The predicted molar refractivity (Wildman–Crippen MR) is 142 cm³/mol. The maximum Gasteiger partial charge on any atom is 0.191 e. The summed E-state index contributed by atoms with van der Waals surface area (Å²) in [6, 6.07) is 16.4. The third kappa shape index (κ3) is 11.5. The molecule has 3 N–H and O–H groups in total. The summed E-state index contributed by atoms with van der Waals surface area (Å²) in [5, 5.41) is 10.1. The molecule has 0 saturated carbocycles. The summed E-state index contributed by atoms with van der Waals surface area (Å²) >= 11 is 0. The Bertz CT molecular complexity index is 755. The molecule has 0 unspecified atom stereocenters. The van der Waals surface area contributed by atoms with Gasteiger partial charge >= 0.3 is 0 Å². The van der Waals surface area contributed by atoms with Crippen molar-refractivity contribution in [3.63, 3.8) is 0 Å². The number of nitrogens with zero attached hydrogens (tertiary/aromatic N) is 1. The Hall–Kier alpha value is -2.04. The van der Waals surface area contributed by atoms with Gasteiger partial charge in [-0.1, -0.05) is 24.3 Å². The summed E-state index contributed by atoms with van der Waals surface area (Å²) in [4.78, 5) is 4.74. The molecule has 0 amide bonds. The molecule has 8 heteroatoms. The number of halogens is 1. The summed E-state index contributed by atoms with van der Waals surface area (Å²) in [7, 11) is 3.37. The van der Waals surface area contributed by atoms with Crippen molar-refractivity contribution in [3.8, 4) is 5.75 Å². The molecule has 0 radical (unpaired) electrons. The molecule has 2 aromatic carbocycles. The molecule has 0 aromatic heterocycles. The van der Waals surface area contributed by atoms with E-state index in [0.717, 1.165) is 55.7 Å². The first kappa shape index (κ1) is 28.0. The summed E-state index contributed by atoms with van der Waals surface area (Å²) < 4.78 is 15.7. The summed E-state index contributed by atoms with van der Waals surface area (Å²) in [6.07, 6.45) is 0.929. The molecule has 7 nitrogen and oxygen atoms in total. The van der Waals surface area contributed by atoms with E-state index in [4.69, 9.17) is 19.2 Å². The van der Waals surface area contributed by atoms with E-state index in [0.29, 0.717) is 19.7 Å². The molecule has 32 heavy (non-hydrogen) atoms. The van der Waals surface area contributed by atoms with Crippen molar-refractivity contribution < 1.29 is 14.2 Å². The molecule has 2 aromatic rings. The van der Waals surface area contributed by atoms with Crippen molar-refractivity contribution in [1.82, 2.24) is 10.6 Å². The SMILES string of the molecule is CCOCCCNC(=NCc1ccc(OC)cc1)NCc1ccc(NCCOC)cc1.I. The first-order valence-electron chi connectivity index (χ1n) is 10.8. The van der Waals surface area contributed by atoms with Crippen LogP contribution in [0.15, 0.2) is 53.5 Å². The van der Waals surface area contributed by atoms with Crippen LogP contribution >= 0.6 is 24.0 Å². The minimum Gasteiger partial charge on any atom is -0.497 e. The Morgan fingerprint density at radius 2 is 1.59 bits per heavy atom. The highest BCUT2D eigenvalue weighted by atomic mass is 127. The van der Waals surface area contributed by atoms with Crippen LogP contribution in [0.25, 0.3) is 0 Å². The minimum absolute atomic E-state index is 0. The van der Waals surface area contributed by atoms with Crippen molar-refractivity contribution in [3.05, 3.63) is 59.7 Å². The fourth-order valence-electron chi connectivity index (χ4n) is 2.82. The van der Waals surface area contributed by atoms with E-state index < -0.39 is 0 Å². The Labute approximate surface area is 209 Å². The summed E-state index contributed by atoms with van der Waals surface area (Å²) in [6.45, 7) is 7.06. The Kier molecular flexibility index (Phi) is 15.3. The second-order valence-corrected chi connectivity index (χ2v) is 6.96. The topological polar surface area (TPSA) is 76.1 Å². The van der Waals surface area contributed by atoms with Crippen LogP contribution in [-0.4, -0.2) is 53.1 Å². The molecule has 0 fully saturated rings. The molecule has 0 heterocycles. The molecule has 0 aliphatic rings. The van der Waals surface area contributed by atoms with Gasteiger partial charge in [-0.3, -0.25) is 0 Å². The monoisotopic (exact) mass is 556 g/mol. The van der Waals surface area contributed by atoms with Crippen molar-refractivity contribution in [1.29, 1.82) is 0 Å². The number of nitrogens with one attached hydrogen (secondary N) is 3. The van der Waals surface area contributed by atoms with Crippen LogP contribution in [-0.2, 0) is 22.6 Å². The van der Waals surface area contributed by atoms with Gasteiger partial charge in [0.1, 0.15) is 5.75 Å². The first-order valence-corrected chi connectivity index (χ1v) is 10.8. The Morgan fingerprint density at radius 3 is 2.25 bits per heavy atom. The van der Waals surface area contributed by atoms with Gasteiger partial charge in [0.25, 0.3) is 0 Å². The number of ether oxygens (including phenoxy) is 3. The van der Waals surface area contributed by atoms with E-state index in [1.54, 1.807) is 14.2 Å². The summed E-state index contributed by atoms with van der Waals surface area (Å²) in [5.41, 5.74) is 3.40. The second-order valence-electron chi connectivity index (χ2n) is 6.96. The van der Waals surface area contributed by atoms with E-state index in [9.17, 15) is 0 Å². The van der Waals surface area contributed by atoms with Crippen LogP contribution in [0.5, 0.6) is 5.75 Å². The van der Waals surface area contributed by atoms with E-state index in [-0.39, 0.29) is 24.0 Å². The first-order chi connectivity index (χ1) is 15.2. The second kappa shape index (κ2) is 17.5. The molecule has 0 aliphatic heterocycles.